The highest BCUT2D eigenvalue weighted by atomic mass is 79.9. The Balaban J connectivity index is 1.80. The van der Waals surface area contributed by atoms with E-state index < -0.39 is 6.04 Å². The number of hydrogen-bond acceptors (Lipinski definition) is 6. The number of aromatic nitrogens is 4. The minimum atomic E-state index is -0.559. The zero-order valence-electron chi connectivity index (χ0n) is 18.4. The molecule has 0 aliphatic carbocycles. The van der Waals surface area contributed by atoms with Crippen LogP contribution in [0.25, 0.3) is 0 Å². The molecule has 166 valence electrons. The van der Waals surface area contributed by atoms with Gasteiger partial charge in [-0.15, -0.1) is 0 Å². The van der Waals surface area contributed by atoms with E-state index >= 15 is 0 Å². The van der Waals surface area contributed by atoms with Gasteiger partial charge in [0.1, 0.15) is 11.8 Å². The Morgan fingerprint density at radius 1 is 1.22 bits per heavy atom. The maximum Gasteiger partial charge on any atom is 0.255 e. The van der Waals surface area contributed by atoms with Crippen LogP contribution in [0, 0.1) is 13.8 Å². The molecule has 1 unspecified atom stereocenters. The highest BCUT2D eigenvalue weighted by molar-refractivity contribution is 9.10. The van der Waals surface area contributed by atoms with Crippen molar-refractivity contribution < 1.29 is 9.53 Å². The number of aryl methyl sites for hydroxylation is 2. The summed E-state index contributed by atoms with van der Waals surface area (Å²) in [6.45, 7) is 8.47. The van der Waals surface area contributed by atoms with Crippen LogP contribution in [0.2, 0.25) is 0 Å². The number of carbonyl (C=O) groups excluding carboxylic acids is 1. The fraction of sp³-hybridized carbons (Fsp3) is 0.304. The van der Waals surface area contributed by atoms with Crippen molar-refractivity contribution in [1.82, 2.24) is 20.2 Å². The van der Waals surface area contributed by atoms with Crippen LogP contribution >= 0.6 is 15.9 Å². The van der Waals surface area contributed by atoms with Gasteiger partial charge >= 0.3 is 0 Å². The van der Waals surface area contributed by atoms with Crippen LogP contribution in [-0.2, 0) is 4.79 Å². The highest BCUT2D eigenvalue weighted by Crippen LogP contribution is 2.40. The summed E-state index contributed by atoms with van der Waals surface area (Å²) in [4.78, 5) is 13.6. The topological polar surface area (TPSA) is 94.0 Å². The lowest BCUT2D eigenvalue weighted by molar-refractivity contribution is -0.113. The number of ether oxygens (including phenoxy) is 1. The Hall–Kier alpha value is -3.20. The Kier molecular flexibility index (Phi) is 6.27. The molecule has 8 nitrogen and oxygen atoms in total. The van der Waals surface area contributed by atoms with Gasteiger partial charge in [0.2, 0.25) is 5.95 Å². The molecule has 3 aromatic rings. The van der Waals surface area contributed by atoms with E-state index in [1.807, 2.05) is 57.2 Å². The second-order valence-corrected chi connectivity index (χ2v) is 8.73. The van der Waals surface area contributed by atoms with E-state index in [0.717, 1.165) is 33.3 Å². The average molecular weight is 497 g/mol. The number of hydrogen-bond donors (Lipinski definition) is 2. The molecule has 2 aromatic carbocycles. The van der Waals surface area contributed by atoms with Crippen molar-refractivity contribution in [2.24, 2.45) is 0 Å². The summed E-state index contributed by atoms with van der Waals surface area (Å²) >= 11 is 3.56. The summed E-state index contributed by atoms with van der Waals surface area (Å²) in [5.41, 5.74) is 4.89. The summed E-state index contributed by atoms with van der Waals surface area (Å²) < 4.78 is 8.51. The number of nitrogens with zero attached hydrogens (tertiary/aromatic N) is 4. The Morgan fingerprint density at radius 2 is 2.03 bits per heavy atom. The molecule has 0 saturated heterocycles. The number of rotatable bonds is 6. The van der Waals surface area contributed by atoms with Crippen LogP contribution in [0.4, 0.5) is 11.6 Å². The summed E-state index contributed by atoms with van der Waals surface area (Å²) in [5, 5.41) is 18.3. The van der Waals surface area contributed by atoms with E-state index in [2.05, 4.69) is 49.0 Å². The number of anilines is 2. The highest BCUT2D eigenvalue weighted by Gasteiger charge is 2.36. The smallest absolute Gasteiger partial charge is 0.255 e. The maximum atomic E-state index is 13.6. The molecule has 2 heterocycles. The molecule has 4 rings (SSSR count). The fourth-order valence-electron chi connectivity index (χ4n) is 3.81. The number of tetrazole rings is 1. The van der Waals surface area contributed by atoms with Gasteiger partial charge in [0.05, 0.1) is 12.2 Å². The number of nitrogens with one attached hydrogen (secondary N) is 2. The van der Waals surface area contributed by atoms with Gasteiger partial charge in [-0.25, -0.2) is 0 Å². The van der Waals surface area contributed by atoms with Crippen molar-refractivity contribution in [2.45, 2.75) is 40.2 Å². The number of allylic oxidation sites excluding steroid dienone is 1. The van der Waals surface area contributed by atoms with E-state index in [9.17, 15) is 4.79 Å². The number of halogens is 1. The molecule has 0 spiro atoms. The molecule has 1 atom stereocenters. The lowest BCUT2D eigenvalue weighted by Gasteiger charge is -2.29. The van der Waals surface area contributed by atoms with Crippen molar-refractivity contribution in [1.29, 1.82) is 0 Å². The molecular formula is C23H25BrN6O2. The molecule has 1 aromatic heterocycles. The standard InChI is InChI=1S/C23H25BrN6O2/c1-5-10-32-19-9-7-16(24)12-17(19)21-20(15(4)25-23-27-28-29-30(21)23)22(31)26-18-8-6-13(2)11-14(18)3/h6-9,11-12,21H,5,10H2,1-4H3,(H,26,31)(H,25,27,29). The number of benzene rings is 2. The zero-order valence-corrected chi connectivity index (χ0v) is 20.0. The largest absolute Gasteiger partial charge is 0.493 e. The molecule has 32 heavy (non-hydrogen) atoms. The van der Waals surface area contributed by atoms with Crippen molar-refractivity contribution >= 4 is 33.5 Å². The van der Waals surface area contributed by atoms with Gasteiger partial charge in [-0.3, -0.25) is 4.79 Å². The molecule has 1 amide bonds. The van der Waals surface area contributed by atoms with Crippen molar-refractivity contribution in [2.75, 3.05) is 17.2 Å². The molecule has 0 radical (unpaired) electrons. The number of amides is 1. The lowest BCUT2D eigenvalue weighted by atomic mass is 9.94. The predicted molar refractivity (Wildman–Crippen MR) is 127 cm³/mol. The normalized spacial score (nSPS) is 15.2. The van der Waals surface area contributed by atoms with Crippen LogP contribution in [0.3, 0.4) is 0 Å². The summed E-state index contributed by atoms with van der Waals surface area (Å²) in [6.07, 6.45) is 0.868. The SMILES string of the molecule is CCCOc1ccc(Br)cc1C1C(C(=O)Nc2ccc(C)cc2C)=C(C)Nc2nnnn21. The van der Waals surface area contributed by atoms with Gasteiger partial charge in [0.25, 0.3) is 5.91 Å². The fourth-order valence-corrected chi connectivity index (χ4v) is 4.19. The second-order valence-electron chi connectivity index (χ2n) is 7.82. The zero-order chi connectivity index (χ0) is 22.8. The molecule has 2 N–H and O–H groups in total. The molecular weight excluding hydrogens is 472 g/mol. The molecule has 1 aliphatic heterocycles. The minimum absolute atomic E-state index is 0.227. The van der Waals surface area contributed by atoms with Gasteiger partial charge in [0.15, 0.2) is 0 Å². The first-order valence-corrected chi connectivity index (χ1v) is 11.2. The Labute approximate surface area is 195 Å². The van der Waals surface area contributed by atoms with E-state index in [4.69, 9.17) is 4.74 Å². The first kappa shape index (κ1) is 22.0. The van der Waals surface area contributed by atoms with E-state index in [1.165, 1.54) is 0 Å². The van der Waals surface area contributed by atoms with Crippen LogP contribution in [-0.4, -0.2) is 32.7 Å². The third-order valence-corrected chi connectivity index (χ3v) is 5.81. The number of fused-ring (bicyclic) bond motifs is 1. The van der Waals surface area contributed by atoms with E-state index in [1.54, 1.807) is 4.68 Å². The molecule has 0 fully saturated rings. The Bertz CT molecular complexity index is 1200. The van der Waals surface area contributed by atoms with Crippen LogP contribution < -0.4 is 15.4 Å². The third kappa shape index (κ3) is 4.25. The van der Waals surface area contributed by atoms with E-state index in [0.29, 0.717) is 29.6 Å². The van der Waals surface area contributed by atoms with Crippen LogP contribution in [0.15, 0.2) is 52.1 Å². The van der Waals surface area contributed by atoms with Gasteiger partial charge < -0.3 is 15.4 Å². The van der Waals surface area contributed by atoms with Crippen molar-refractivity contribution in [3.8, 4) is 5.75 Å². The second kappa shape index (κ2) is 9.12. The van der Waals surface area contributed by atoms with Gasteiger partial charge in [-0.2, -0.15) is 4.68 Å². The minimum Gasteiger partial charge on any atom is -0.493 e. The Morgan fingerprint density at radius 3 is 2.78 bits per heavy atom. The predicted octanol–water partition coefficient (Wildman–Crippen LogP) is 4.77. The van der Waals surface area contributed by atoms with Gasteiger partial charge in [-0.05, 0) is 67.4 Å². The van der Waals surface area contributed by atoms with Crippen molar-refractivity contribution in [3.63, 3.8) is 0 Å². The average Bonchev–Trinajstić information content (AvgIpc) is 3.21. The quantitative estimate of drug-likeness (QED) is 0.510. The molecule has 0 bridgehead atoms. The first-order chi connectivity index (χ1) is 15.4. The van der Waals surface area contributed by atoms with E-state index in [-0.39, 0.29) is 5.91 Å². The van der Waals surface area contributed by atoms with Crippen molar-refractivity contribution in [3.05, 3.63) is 68.8 Å². The number of carbonyl (C=O) groups is 1. The van der Waals surface area contributed by atoms with Gasteiger partial charge in [0, 0.05) is 21.4 Å². The molecule has 9 heteroatoms. The van der Waals surface area contributed by atoms with Gasteiger partial charge in [-0.1, -0.05) is 45.6 Å². The molecule has 1 aliphatic rings. The summed E-state index contributed by atoms with van der Waals surface area (Å²) in [7, 11) is 0. The third-order valence-electron chi connectivity index (χ3n) is 5.32. The summed E-state index contributed by atoms with van der Waals surface area (Å²) in [5.74, 6) is 0.930. The lowest BCUT2D eigenvalue weighted by Crippen LogP contribution is -2.32. The summed E-state index contributed by atoms with van der Waals surface area (Å²) in [6, 6.07) is 11.1. The van der Waals surface area contributed by atoms with Crippen LogP contribution in [0.1, 0.15) is 43.0 Å². The monoisotopic (exact) mass is 496 g/mol. The maximum absolute atomic E-state index is 13.6. The molecule has 0 saturated carbocycles. The van der Waals surface area contributed by atoms with Crippen LogP contribution in [0.5, 0.6) is 5.75 Å². The first-order valence-electron chi connectivity index (χ1n) is 10.5.